The Morgan fingerprint density at radius 2 is 2.00 bits per heavy atom. The standard InChI is InChI=1S/C14H23ClN2O2S2/c1-11-14(8-13(9-15)20-11)21(18,19)17-6-4-12(5-7-17)10-16(2)3/h8,12H,4-7,9-10H2,1-3H3. The van der Waals surface area contributed by atoms with Crippen molar-refractivity contribution in [1.29, 1.82) is 0 Å². The Morgan fingerprint density at radius 3 is 2.48 bits per heavy atom. The van der Waals surface area contributed by atoms with Crippen molar-refractivity contribution in [1.82, 2.24) is 9.21 Å². The van der Waals surface area contributed by atoms with E-state index in [4.69, 9.17) is 11.6 Å². The number of piperidine rings is 1. The molecule has 0 atom stereocenters. The predicted octanol–water partition coefficient (Wildman–Crippen LogP) is 2.76. The lowest BCUT2D eigenvalue weighted by Crippen LogP contribution is -2.40. The van der Waals surface area contributed by atoms with Crippen molar-refractivity contribution in [3.05, 3.63) is 15.8 Å². The molecule has 4 nitrogen and oxygen atoms in total. The molecule has 2 heterocycles. The predicted molar refractivity (Wildman–Crippen MR) is 88.6 cm³/mol. The summed E-state index contributed by atoms with van der Waals surface area (Å²) in [7, 11) is 0.760. The van der Waals surface area contributed by atoms with Crippen LogP contribution in [0.15, 0.2) is 11.0 Å². The minimum Gasteiger partial charge on any atom is -0.309 e. The van der Waals surface area contributed by atoms with Crippen molar-refractivity contribution >= 4 is 33.0 Å². The van der Waals surface area contributed by atoms with Gasteiger partial charge in [-0.05, 0) is 45.8 Å². The molecule has 0 aromatic carbocycles. The third kappa shape index (κ3) is 3.99. The molecule has 0 aliphatic carbocycles. The summed E-state index contributed by atoms with van der Waals surface area (Å²) in [6.45, 7) is 4.12. The van der Waals surface area contributed by atoms with Crippen LogP contribution in [0.4, 0.5) is 0 Å². The molecule has 0 bridgehead atoms. The Bertz CT molecular complexity index is 576. The van der Waals surface area contributed by atoms with Gasteiger partial charge in [-0.2, -0.15) is 4.31 Å². The summed E-state index contributed by atoms with van der Waals surface area (Å²) in [5, 5.41) is 0. The molecule has 0 amide bonds. The molecule has 0 N–H and O–H groups in total. The second-order valence-electron chi connectivity index (χ2n) is 5.88. The zero-order valence-electron chi connectivity index (χ0n) is 12.8. The molecule has 1 fully saturated rings. The summed E-state index contributed by atoms with van der Waals surface area (Å²) in [6.07, 6.45) is 1.87. The van der Waals surface area contributed by atoms with Crippen LogP contribution < -0.4 is 0 Å². The van der Waals surface area contributed by atoms with Gasteiger partial charge in [-0.15, -0.1) is 22.9 Å². The van der Waals surface area contributed by atoms with Gasteiger partial charge in [0, 0.05) is 29.4 Å². The number of thiophene rings is 1. The van der Waals surface area contributed by atoms with E-state index in [9.17, 15) is 8.42 Å². The molecule has 1 aromatic rings. The van der Waals surface area contributed by atoms with Crippen molar-refractivity contribution in [2.75, 3.05) is 33.7 Å². The maximum atomic E-state index is 12.7. The zero-order chi connectivity index (χ0) is 15.6. The van der Waals surface area contributed by atoms with Crippen molar-refractivity contribution in [2.24, 2.45) is 5.92 Å². The topological polar surface area (TPSA) is 40.6 Å². The van der Waals surface area contributed by atoms with Crippen LogP contribution in [0.3, 0.4) is 0 Å². The molecule has 7 heteroatoms. The fourth-order valence-corrected chi connectivity index (χ4v) is 6.00. The second-order valence-corrected chi connectivity index (χ2v) is 9.39. The first kappa shape index (κ1) is 17.2. The highest BCUT2D eigenvalue weighted by atomic mass is 35.5. The van der Waals surface area contributed by atoms with Gasteiger partial charge >= 0.3 is 0 Å². The zero-order valence-corrected chi connectivity index (χ0v) is 15.2. The number of alkyl halides is 1. The maximum Gasteiger partial charge on any atom is 0.244 e. The monoisotopic (exact) mass is 350 g/mol. The number of rotatable bonds is 5. The minimum atomic E-state index is -3.36. The van der Waals surface area contributed by atoms with Gasteiger partial charge in [0.15, 0.2) is 0 Å². The Hall–Kier alpha value is -0.140. The minimum absolute atomic E-state index is 0.367. The fourth-order valence-electron chi connectivity index (χ4n) is 2.83. The largest absolute Gasteiger partial charge is 0.309 e. The molecule has 21 heavy (non-hydrogen) atoms. The Balaban J connectivity index is 2.09. The molecular formula is C14H23ClN2O2S2. The van der Waals surface area contributed by atoms with E-state index in [2.05, 4.69) is 19.0 Å². The van der Waals surface area contributed by atoms with Gasteiger partial charge in [0.25, 0.3) is 0 Å². The summed E-state index contributed by atoms with van der Waals surface area (Å²) in [6, 6.07) is 1.73. The molecule has 0 saturated carbocycles. The lowest BCUT2D eigenvalue weighted by molar-refractivity contribution is 0.225. The maximum absolute atomic E-state index is 12.7. The molecule has 0 radical (unpaired) electrons. The van der Waals surface area contributed by atoms with E-state index < -0.39 is 10.0 Å². The summed E-state index contributed by atoms with van der Waals surface area (Å²) >= 11 is 7.28. The molecule has 1 saturated heterocycles. The summed E-state index contributed by atoms with van der Waals surface area (Å²) in [5.74, 6) is 0.958. The van der Waals surface area contributed by atoms with E-state index in [-0.39, 0.29) is 0 Å². The van der Waals surface area contributed by atoms with Crippen LogP contribution in [0, 0.1) is 12.8 Å². The third-order valence-corrected chi connectivity index (χ3v) is 7.52. The number of hydrogen-bond acceptors (Lipinski definition) is 4. The number of sulfonamides is 1. The van der Waals surface area contributed by atoms with E-state index >= 15 is 0 Å². The van der Waals surface area contributed by atoms with Gasteiger partial charge in [-0.25, -0.2) is 8.42 Å². The Kier molecular flexibility index (Phi) is 5.71. The lowest BCUT2D eigenvalue weighted by atomic mass is 9.98. The first-order valence-electron chi connectivity index (χ1n) is 7.14. The van der Waals surface area contributed by atoms with Crippen molar-refractivity contribution < 1.29 is 8.42 Å². The Morgan fingerprint density at radius 1 is 1.38 bits per heavy atom. The highest BCUT2D eigenvalue weighted by Gasteiger charge is 2.31. The third-order valence-electron chi connectivity index (χ3n) is 3.87. The highest BCUT2D eigenvalue weighted by Crippen LogP contribution is 2.31. The molecule has 2 rings (SSSR count). The highest BCUT2D eigenvalue weighted by molar-refractivity contribution is 7.89. The molecule has 1 aliphatic heterocycles. The smallest absolute Gasteiger partial charge is 0.244 e. The van der Waals surface area contributed by atoms with Crippen LogP contribution in [-0.4, -0.2) is 51.4 Å². The van der Waals surface area contributed by atoms with E-state index in [0.717, 1.165) is 29.1 Å². The quantitative estimate of drug-likeness (QED) is 0.767. The number of hydrogen-bond donors (Lipinski definition) is 0. The average molecular weight is 351 g/mol. The summed E-state index contributed by atoms with van der Waals surface area (Å²) < 4.78 is 27.1. The molecule has 120 valence electrons. The first-order chi connectivity index (χ1) is 9.84. The van der Waals surface area contributed by atoms with Crippen LogP contribution in [0.2, 0.25) is 0 Å². The molecule has 0 unspecified atom stereocenters. The van der Waals surface area contributed by atoms with E-state index in [1.54, 1.807) is 10.4 Å². The van der Waals surface area contributed by atoms with Gasteiger partial charge in [0.1, 0.15) is 0 Å². The average Bonchev–Trinajstić information content (AvgIpc) is 2.81. The summed E-state index contributed by atoms with van der Waals surface area (Å²) in [5.41, 5.74) is 0. The van der Waals surface area contributed by atoms with Gasteiger partial charge in [0.2, 0.25) is 10.0 Å². The molecule has 1 aromatic heterocycles. The van der Waals surface area contributed by atoms with Crippen molar-refractivity contribution in [3.63, 3.8) is 0 Å². The normalized spacial score (nSPS) is 18.5. The van der Waals surface area contributed by atoms with E-state index in [1.165, 1.54) is 11.3 Å². The number of halogens is 1. The van der Waals surface area contributed by atoms with Crippen molar-refractivity contribution in [3.8, 4) is 0 Å². The molecule has 1 aliphatic rings. The Labute approximate surface area is 136 Å². The molecule has 0 spiro atoms. The van der Waals surface area contributed by atoms with Crippen LogP contribution in [-0.2, 0) is 15.9 Å². The summed E-state index contributed by atoms with van der Waals surface area (Å²) in [4.78, 5) is 4.36. The number of nitrogens with zero attached hydrogens (tertiary/aromatic N) is 2. The van der Waals surface area contributed by atoms with Gasteiger partial charge < -0.3 is 4.90 Å². The van der Waals surface area contributed by atoms with E-state index in [0.29, 0.717) is 29.8 Å². The van der Waals surface area contributed by atoms with E-state index in [1.807, 2.05) is 6.92 Å². The second kappa shape index (κ2) is 6.96. The van der Waals surface area contributed by atoms with Crippen LogP contribution in [0.5, 0.6) is 0 Å². The number of aryl methyl sites for hydroxylation is 1. The van der Waals surface area contributed by atoms with Gasteiger partial charge in [-0.1, -0.05) is 0 Å². The fraction of sp³-hybridized carbons (Fsp3) is 0.714. The molecular weight excluding hydrogens is 328 g/mol. The lowest BCUT2D eigenvalue weighted by Gasteiger charge is -2.32. The van der Waals surface area contributed by atoms with Crippen LogP contribution in [0.25, 0.3) is 0 Å². The first-order valence-corrected chi connectivity index (χ1v) is 9.94. The van der Waals surface area contributed by atoms with Gasteiger partial charge in [0.05, 0.1) is 10.8 Å². The van der Waals surface area contributed by atoms with Crippen LogP contribution >= 0.6 is 22.9 Å². The SMILES string of the molecule is Cc1sc(CCl)cc1S(=O)(=O)N1CCC(CN(C)C)CC1. The van der Waals surface area contributed by atoms with Gasteiger partial charge in [-0.3, -0.25) is 0 Å². The van der Waals surface area contributed by atoms with Crippen molar-refractivity contribution in [2.45, 2.75) is 30.5 Å². The van der Waals surface area contributed by atoms with Crippen LogP contribution in [0.1, 0.15) is 22.6 Å².